The van der Waals surface area contributed by atoms with Gasteiger partial charge in [0.05, 0.1) is 26.4 Å². The van der Waals surface area contributed by atoms with Crippen molar-refractivity contribution in [3.63, 3.8) is 0 Å². The monoisotopic (exact) mass is 282 g/mol. The van der Waals surface area contributed by atoms with Gasteiger partial charge in [-0.05, 0) is 33.2 Å². The van der Waals surface area contributed by atoms with Crippen LogP contribution in [0.2, 0.25) is 0 Å². The van der Waals surface area contributed by atoms with Crippen LogP contribution in [0.5, 0.6) is 11.5 Å². The van der Waals surface area contributed by atoms with E-state index in [2.05, 4.69) is 10.2 Å². The fourth-order valence-corrected chi connectivity index (χ4v) is 2.05. The van der Waals surface area contributed by atoms with Crippen molar-refractivity contribution in [1.82, 2.24) is 10.2 Å². The topological polar surface area (TPSA) is 54.0 Å². The number of aliphatic hydroxyl groups is 1. The van der Waals surface area contributed by atoms with Crippen LogP contribution < -0.4 is 14.8 Å². The van der Waals surface area contributed by atoms with E-state index in [0.29, 0.717) is 5.75 Å². The third kappa shape index (κ3) is 4.10. The van der Waals surface area contributed by atoms with Gasteiger partial charge in [-0.25, -0.2) is 0 Å². The molecule has 20 heavy (non-hydrogen) atoms. The molecule has 0 saturated heterocycles. The molecule has 0 fully saturated rings. The highest BCUT2D eigenvalue weighted by molar-refractivity contribution is 5.44. The third-order valence-electron chi connectivity index (χ3n) is 3.39. The van der Waals surface area contributed by atoms with Crippen molar-refractivity contribution in [2.24, 2.45) is 0 Å². The molecule has 114 valence electrons. The van der Waals surface area contributed by atoms with Crippen molar-refractivity contribution in [3.8, 4) is 11.5 Å². The summed E-state index contributed by atoms with van der Waals surface area (Å²) in [7, 11) is 7.28. The van der Waals surface area contributed by atoms with Crippen molar-refractivity contribution < 1.29 is 14.6 Å². The largest absolute Gasteiger partial charge is 0.497 e. The first-order valence-electron chi connectivity index (χ1n) is 6.70. The molecule has 5 nitrogen and oxygen atoms in total. The predicted molar refractivity (Wildman–Crippen MR) is 80.5 cm³/mol. The summed E-state index contributed by atoms with van der Waals surface area (Å²) in [5.74, 6) is 1.44. The number of ether oxygens (including phenoxy) is 2. The number of methoxy groups -OCH3 is 2. The van der Waals surface area contributed by atoms with Gasteiger partial charge in [0.15, 0.2) is 0 Å². The maximum absolute atomic E-state index is 9.79. The highest BCUT2D eigenvalue weighted by Crippen LogP contribution is 2.32. The maximum Gasteiger partial charge on any atom is 0.127 e. The number of nitrogens with zero attached hydrogens (tertiary/aromatic N) is 1. The zero-order chi connectivity index (χ0) is 15.2. The summed E-state index contributed by atoms with van der Waals surface area (Å²) in [6.07, 6.45) is 0. The molecule has 0 aliphatic carbocycles. The van der Waals surface area contributed by atoms with Gasteiger partial charge in [0.1, 0.15) is 11.5 Å². The van der Waals surface area contributed by atoms with Gasteiger partial charge < -0.3 is 24.8 Å². The van der Waals surface area contributed by atoms with Crippen molar-refractivity contribution >= 4 is 0 Å². The lowest BCUT2D eigenvalue weighted by Crippen LogP contribution is -2.45. The molecule has 1 unspecified atom stereocenters. The number of likely N-dealkylation sites (N-methyl/N-ethyl adjacent to an activating group) is 1. The summed E-state index contributed by atoms with van der Waals surface area (Å²) in [6.45, 7) is 3.63. The van der Waals surface area contributed by atoms with Crippen LogP contribution in [0, 0.1) is 0 Å². The number of hydrogen-bond acceptors (Lipinski definition) is 5. The van der Waals surface area contributed by atoms with E-state index in [9.17, 15) is 5.11 Å². The van der Waals surface area contributed by atoms with Crippen LogP contribution in [-0.2, 0) is 5.54 Å². The molecular weight excluding hydrogens is 256 g/mol. The first-order valence-corrected chi connectivity index (χ1v) is 6.70. The van der Waals surface area contributed by atoms with E-state index in [1.807, 2.05) is 39.2 Å². The summed E-state index contributed by atoms with van der Waals surface area (Å²) in [4.78, 5) is 2.09. The minimum Gasteiger partial charge on any atom is -0.497 e. The standard InChI is InChI=1S/C15H26N2O3/c1-15(11-18,16-8-9-17(2)3)13-7-6-12(19-4)10-14(13)20-5/h6-7,10,16,18H,8-9,11H2,1-5H3. The second-order valence-electron chi connectivity index (χ2n) is 5.29. The maximum atomic E-state index is 9.79. The third-order valence-corrected chi connectivity index (χ3v) is 3.39. The predicted octanol–water partition coefficient (Wildman–Crippen LogP) is 1.06. The molecule has 0 saturated carbocycles. The number of nitrogens with one attached hydrogen (secondary N) is 1. The van der Waals surface area contributed by atoms with Gasteiger partial charge in [0.25, 0.3) is 0 Å². The summed E-state index contributed by atoms with van der Waals surface area (Å²) < 4.78 is 10.6. The van der Waals surface area contributed by atoms with Crippen LogP contribution in [0.1, 0.15) is 12.5 Å². The van der Waals surface area contributed by atoms with Gasteiger partial charge in [0, 0.05) is 24.7 Å². The Labute approximate surface area is 121 Å². The van der Waals surface area contributed by atoms with Gasteiger partial charge in [0.2, 0.25) is 0 Å². The Balaban J connectivity index is 2.97. The quantitative estimate of drug-likeness (QED) is 0.747. The number of hydrogen-bond donors (Lipinski definition) is 2. The number of benzene rings is 1. The minimum atomic E-state index is -0.548. The molecular formula is C15H26N2O3. The van der Waals surface area contributed by atoms with Gasteiger partial charge >= 0.3 is 0 Å². The number of rotatable bonds is 8. The molecule has 0 heterocycles. The Kier molecular flexibility index (Phi) is 6.26. The van der Waals surface area contributed by atoms with Crippen molar-refractivity contribution in [2.75, 3.05) is 48.0 Å². The highest BCUT2D eigenvalue weighted by atomic mass is 16.5. The summed E-state index contributed by atoms with van der Waals surface area (Å²) in [5.41, 5.74) is 0.371. The van der Waals surface area contributed by atoms with Gasteiger partial charge in [-0.1, -0.05) is 0 Å². The van der Waals surface area contributed by atoms with Crippen LogP contribution >= 0.6 is 0 Å². The first kappa shape index (κ1) is 16.8. The van der Waals surface area contributed by atoms with Crippen molar-refractivity contribution in [1.29, 1.82) is 0 Å². The van der Waals surface area contributed by atoms with E-state index < -0.39 is 5.54 Å². The summed E-state index contributed by atoms with van der Waals surface area (Å²) in [6, 6.07) is 5.63. The van der Waals surface area contributed by atoms with Gasteiger partial charge in [-0.2, -0.15) is 0 Å². The van der Waals surface area contributed by atoms with E-state index in [0.717, 1.165) is 24.4 Å². The minimum absolute atomic E-state index is 0.0108. The van der Waals surface area contributed by atoms with Gasteiger partial charge in [-0.3, -0.25) is 0 Å². The molecule has 1 aromatic carbocycles. The van der Waals surface area contributed by atoms with Crippen LogP contribution in [0.15, 0.2) is 18.2 Å². The first-order chi connectivity index (χ1) is 9.46. The summed E-state index contributed by atoms with van der Waals surface area (Å²) in [5, 5.41) is 13.2. The fraction of sp³-hybridized carbons (Fsp3) is 0.600. The lowest BCUT2D eigenvalue weighted by Gasteiger charge is -2.31. The van der Waals surface area contributed by atoms with E-state index in [1.54, 1.807) is 14.2 Å². The smallest absolute Gasteiger partial charge is 0.127 e. The Morgan fingerprint density at radius 2 is 1.95 bits per heavy atom. The molecule has 1 atom stereocenters. The van der Waals surface area contributed by atoms with Crippen LogP contribution in [-0.4, -0.2) is 58.0 Å². The molecule has 2 N–H and O–H groups in total. The van der Waals surface area contributed by atoms with Crippen LogP contribution in [0.4, 0.5) is 0 Å². The highest BCUT2D eigenvalue weighted by Gasteiger charge is 2.28. The Hall–Kier alpha value is -1.30. The molecule has 1 rings (SSSR count). The second-order valence-corrected chi connectivity index (χ2v) is 5.29. The molecule has 0 amide bonds. The van der Waals surface area contributed by atoms with E-state index >= 15 is 0 Å². The van der Waals surface area contributed by atoms with E-state index in [1.165, 1.54) is 0 Å². The molecule has 0 spiro atoms. The van der Waals surface area contributed by atoms with Gasteiger partial charge in [-0.15, -0.1) is 0 Å². The molecule has 0 aliphatic heterocycles. The average Bonchev–Trinajstić information content (AvgIpc) is 2.45. The lowest BCUT2D eigenvalue weighted by molar-refractivity contribution is 0.168. The zero-order valence-electron chi connectivity index (χ0n) is 13.1. The number of aliphatic hydroxyl groups excluding tert-OH is 1. The normalized spacial score (nSPS) is 14.2. The molecule has 0 bridgehead atoms. The van der Waals surface area contributed by atoms with E-state index in [4.69, 9.17) is 9.47 Å². The molecule has 1 aromatic rings. The van der Waals surface area contributed by atoms with E-state index in [-0.39, 0.29) is 6.61 Å². The fourth-order valence-electron chi connectivity index (χ4n) is 2.05. The Bertz CT molecular complexity index is 424. The molecule has 5 heteroatoms. The lowest BCUT2D eigenvalue weighted by atomic mass is 9.91. The molecule has 0 aromatic heterocycles. The van der Waals surface area contributed by atoms with Crippen LogP contribution in [0.3, 0.4) is 0 Å². The second kappa shape index (κ2) is 7.47. The molecule has 0 radical (unpaired) electrons. The zero-order valence-corrected chi connectivity index (χ0v) is 13.1. The van der Waals surface area contributed by atoms with Crippen molar-refractivity contribution in [3.05, 3.63) is 23.8 Å². The Morgan fingerprint density at radius 3 is 2.45 bits per heavy atom. The molecule has 0 aliphatic rings. The summed E-state index contributed by atoms with van der Waals surface area (Å²) >= 11 is 0. The van der Waals surface area contributed by atoms with Crippen LogP contribution in [0.25, 0.3) is 0 Å². The SMILES string of the molecule is COc1ccc(C(C)(CO)NCCN(C)C)c(OC)c1. The average molecular weight is 282 g/mol. The Morgan fingerprint density at radius 1 is 1.25 bits per heavy atom. The van der Waals surface area contributed by atoms with Crippen molar-refractivity contribution in [2.45, 2.75) is 12.5 Å².